The maximum Gasteiger partial charge on any atom is 0.259 e. The van der Waals surface area contributed by atoms with Gasteiger partial charge in [-0.25, -0.2) is 0 Å². The average molecular weight is 478 g/mol. The molecular formula is C27H28ClN3O3. The molecule has 6 nitrogen and oxygen atoms in total. The van der Waals surface area contributed by atoms with Crippen molar-refractivity contribution in [3.05, 3.63) is 76.8 Å². The summed E-state index contributed by atoms with van der Waals surface area (Å²) in [6, 6.07) is 17.7. The topological polar surface area (TPSA) is 69.7 Å². The standard InChI is InChI=1S/C27H28ClN3O3/c1-17(25(33)29-27(2,3)4)30(15-18-8-5-11-20(28)14-18)23(32)16-31-22-13-7-10-19-9-6-12-21(24(19)22)26(31)34/h5-14,17H,15-16H2,1-4H3,(H,29,33)/t17-/m1/s1. The monoisotopic (exact) mass is 477 g/mol. The predicted octanol–water partition coefficient (Wildman–Crippen LogP) is 4.79. The van der Waals surface area contributed by atoms with Gasteiger partial charge in [-0.1, -0.05) is 48.0 Å². The number of nitrogens with one attached hydrogen (secondary N) is 1. The van der Waals surface area contributed by atoms with Crippen molar-refractivity contribution in [2.45, 2.75) is 45.8 Å². The highest BCUT2D eigenvalue weighted by atomic mass is 35.5. The third-order valence-corrected chi connectivity index (χ3v) is 6.08. The first kappa shape index (κ1) is 23.8. The maximum absolute atomic E-state index is 13.6. The fraction of sp³-hybridized carbons (Fsp3) is 0.296. The Morgan fingerprint density at radius 3 is 2.41 bits per heavy atom. The predicted molar refractivity (Wildman–Crippen MR) is 135 cm³/mol. The van der Waals surface area contributed by atoms with Crippen molar-refractivity contribution >= 4 is 45.8 Å². The molecule has 0 aromatic heterocycles. The number of carbonyl (C=O) groups excluding carboxylic acids is 3. The summed E-state index contributed by atoms with van der Waals surface area (Å²) in [7, 11) is 0. The molecule has 0 unspecified atom stereocenters. The first-order chi connectivity index (χ1) is 16.0. The van der Waals surface area contributed by atoms with Crippen molar-refractivity contribution in [1.82, 2.24) is 10.2 Å². The number of anilines is 1. The molecule has 0 bridgehead atoms. The second kappa shape index (κ2) is 9.11. The van der Waals surface area contributed by atoms with Crippen molar-refractivity contribution in [2.24, 2.45) is 0 Å². The highest BCUT2D eigenvalue weighted by Gasteiger charge is 2.34. The molecule has 1 aliphatic rings. The van der Waals surface area contributed by atoms with Gasteiger partial charge in [0.25, 0.3) is 5.91 Å². The lowest BCUT2D eigenvalue weighted by Gasteiger charge is -2.32. The van der Waals surface area contributed by atoms with E-state index in [9.17, 15) is 14.4 Å². The molecule has 1 N–H and O–H groups in total. The Labute approximate surface area is 204 Å². The molecule has 3 amide bonds. The minimum absolute atomic E-state index is 0.166. The molecule has 176 valence electrons. The molecule has 0 radical (unpaired) electrons. The molecule has 1 atom stereocenters. The molecule has 3 aromatic carbocycles. The van der Waals surface area contributed by atoms with E-state index in [0.717, 1.165) is 16.3 Å². The van der Waals surface area contributed by atoms with Crippen molar-refractivity contribution in [3.8, 4) is 0 Å². The van der Waals surface area contributed by atoms with Gasteiger partial charge in [0.2, 0.25) is 11.8 Å². The largest absolute Gasteiger partial charge is 0.350 e. The number of amides is 3. The lowest BCUT2D eigenvalue weighted by molar-refractivity contribution is -0.140. The van der Waals surface area contributed by atoms with Crippen molar-refractivity contribution in [2.75, 3.05) is 11.4 Å². The van der Waals surface area contributed by atoms with Crippen LogP contribution in [0.4, 0.5) is 5.69 Å². The number of rotatable bonds is 6. The van der Waals surface area contributed by atoms with Gasteiger partial charge in [-0.15, -0.1) is 0 Å². The summed E-state index contributed by atoms with van der Waals surface area (Å²) < 4.78 is 0. The summed E-state index contributed by atoms with van der Waals surface area (Å²) in [5, 5.41) is 5.29. The second-order valence-corrected chi connectivity index (χ2v) is 10.1. The van der Waals surface area contributed by atoms with E-state index in [1.54, 1.807) is 25.1 Å². The molecule has 1 aliphatic heterocycles. The van der Waals surface area contributed by atoms with Crippen LogP contribution >= 0.6 is 11.6 Å². The first-order valence-corrected chi connectivity index (χ1v) is 11.6. The number of nitrogens with zero attached hydrogens (tertiary/aromatic N) is 2. The zero-order valence-electron chi connectivity index (χ0n) is 19.8. The second-order valence-electron chi connectivity index (χ2n) is 9.64. The van der Waals surface area contributed by atoms with Crippen molar-refractivity contribution in [3.63, 3.8) is 0 Å². The molecule has 4 rings (SSSR count). The number of carbonyl (C=O) groups is 3. The molecule has 3 aromatic rings. The maximum atomic E-state index is 13.6. The molecule has 0 saturated carbocycles. The molecule has 34 heavy (non-hydrogen) atoms. The van der Waals surface area contributed by atoms with E-state index in [2.05, 4.69) is 5.32 Å². The molecule has 0 spiro atoms. The summed E-state index contributed by atoms with van der Waals surface area (Å²) in [6.45, 7) is 7.40. The number of halogens is 1. The summed E-state index contributed by atoms with van der Waals surface area (Å²) in [6.07, 6.45) is 0. The fourth-order valence-electron chi connectivity index (χ4n) is 4.25. The number of hydrogen-bond acceptors (Lipinski definition) is 3. The van der Waals surface area contributed by atoms with E-state index in [1.165, 1.54) is 9.80 Å². The lowest BCUT2D eigenvalue weighted by atomic mass is 10.1. The fourth-order valence-corrected chi connectivity index (χ4v) is 4.46. The van der Waals surface area contributed by atoms with Gasteiger partial charge in [0.1, 0.15) is 12.6 Å². The van der Waals surface area contributed by atoms with E-state index in [4.69, 9.17) is 11.6 Å². The third kappa shape index (κ3) is 4.77. The summed E-state index contributed by atoms with van der Waals surface area (Å²) >= 11 is 6.15. The highest BCUT2D eigenvalue weighted by molar-refractivity contribution is 6.30. The van der Waals surface area contributed by atoms with Crippen LogP contribution < -0.4 is 10.2 Å². The molecule has 7 heteroatoms. The Bertz CT molecular complexity index is 1280. The molecule has 0 fully saturated rings. The van der Waals surface area contributed by atoms with Gasteiger partial charge in [0.05, 0.1) is 5.69 Å². The number of hydrogen-bond donors (Lipinski definition) is 1. The van der Waals surface area contributed by atoms with Crippen LogP contribution in [0.25, 0.3) is 10.8 Å². The van der Waals surface area contributed by atoms with E-state index in [0.29, 0.717) is 16.3 Å². The SMILES string of the molecule is C[C@H](C(=O)NC(C)(C)C)N(Cc1cccc(Cl)c1)C(=O)CN1C(=O)c2cccc3cccc1c23. The summed E-state index contributed by atoms with van der Waals surface area (Å²) in [4.78, 5) is 42.8. The van der Waals surface area contributed by atoms with Gasteiger partial charge < -0.3 is 10.2 Å². The Balaban J connectivity index is 1.63. The Hall–Kier alpha value is -3.38. The van der Waals surface area contributed by atoms with E-state index in [-0.39, 0.29) is 30.8 Å². The Morgan fingerprint density at radius 1 is 1.06 bits per heavy atom. The van der Waals surface area contributed by atoms with E-state index < -0.39 is 11.6 Å². The Kier molecular flexibility index (Phi) is 6.36. The van der Waals surface area contributed by atoms with Crippen LogP contribution in [0, 0.1) is 0 Å². The van der Waals surface area contributed by atoms with Crippen LogP contribution in [-0.2, 0) is 16.1 Å². The average Bonchev–Trinajstić information content (AvgIpc) is 3.04. The van der Waals surface area contributed by atoms with Crippen LogP contribution in [0.1, 0.15) is 43.6 Å². The molecular weight excluding hydrogens is 450 g/mol. The molecule has 1 heterocycles. The molecule has 0 aliphatic carbocycles. The third-order valence-electron chi connectivity index (χ3n) is 5.85. The van der Waals surface area contributed by atoms with Crippen molar-refractivity contribution in [1.29, 1.82) is 0 Å². The van der Waals surface area contributed by atoms with Gasteiger partial charge in [-0.3, -0.25) is 19.3 Å². The van der Waals surface area contributed by atoms with Crippen LogP contribution in [-0.4, -0.2) is 40.7 Å². The van der Waals surface area contributed by atoms with Gasteiger partial charge in [0.15, 0.2) is 0 Å². The quantitative estimate of drug-likeness (QED) is 0.555. The highest BCUT2D eigenvalue weighted by Crippen LogP contribution is 2.37. The summed E-state index contributed by atoms with van der Waals surface area (Å²) in [5.74, 6) is -0.801. The zero-order valence-corrected chi connectivity index (χ0v) is 20.5. The summed E-state index contributed by atoms with van der Waals surface area (Å²) in [5.41, 5.74) is 1.65. The lowest BCUT2D eigenvalue weighted by Crippen LogP contribution is -2.54. The van der Waals surface area contributed by atoms with Crippen molar-refractivity contribution < 1.29 is 14.4 Å². The smallest absolute Gasteiger partial charge is 0.259 e. The van der Waals surface area contributed by atoms with Gasteiger partial charge in [-0.2, -0.15) is 0 Å². The Morgan fingerprint density at radius 2 is 1.74 bits per heavy atom. The minimum Gasteiger partial charge on any atom is -0.350 e. The molecule has 0 saturated heterocycles. The van der Waals surface area contributed by atoms with Crippen LogP contribution in [0.5, 0.6) is 0 Å². The van der Waals surface area contributed by atoms with Crippen LogP contribution in [0.3, 0.4) is 0 Å². The van der Waals surface area contributed by atoms with Crippen LogP contribution in [0.15, 0.2) is 60.7 Å². The van der Waals surface area contributed by atoms with Gasteiger partial charge >= 0.3 is 0 Å². The van der Waals surface area contributed by atoms with Gasteiger partial charge in [0, 0.05) is 28.1 Å². The van der Waals surface area contributed by atoms with E-state index in [1.807, 2.05) is 63.2 Å². The normalized spacial score (nSPS) is 13.8. The number of benzene rings is 3. The zero-order chi connectivity index (χ0) is 24.6. The minimum atomic E-state index is -0.749. The van der Waals surface area contributed by atoms with E-state index >= 15 is 0 Å². The van der Waals surface area contributed by atoms with Gasteiger partial charge in [-0.05, 0) is 62.9 Å². The first-order valence-electron chi connectivity index (χ1n) is 11.2. The van der Waals surface area contributed by atoms with Crippen LogP contribution in [0.2, 0.25) is 5.02 Å².